The first-order valence-corrected chi connectivity index (χ1v) is 9.34. The van der Waals surface area contributed by atoms with E-state index in [1.165, 1.54) is 6.20 Å². The smallest absolute Gasteiger partial charge is 0.249 e. The molecule has 0 radical (unpaired) electrons. The summed E-state index contributed by atoms with van der Waals surface area (Å²) >= 11 is 1.04. The maximum absolute atomic E-state index is 11.3. The molecule has 0 aliphatic rings. The van der Waals surface area contributed by atoms with Crippen LogP contribution in [0.15, 0.2) is 35.7 Å². The monoisotopic (exact) mass is 344 g/mol. The SMILES string of the molecule is C=CCN(CC=C)C(CNc1ncc(S(N)(=O)=O)s1)C(C)C. The van der Waals surface area contributed by atoms with Crippen molar-refractivity contribution in [1.29, 1.82) is 0 Å². The molecule has 1 aromatic rings. The first-order valence-electron chi connectivity index (χ1n) is 6.98. The van der Waals surface area contributed by atoms with Gasteiger partial charge in [0.15, 0.2) is 9.34 Å². The molecule has 0 spiro atoms. The van der Waals surface area contributed by atoms with Crippen molar-refractivity contribution in [2.24, 2.45) is 11.1 Å². The molecule has 124 valence electrons. The van der Waals surface area contributed by atoms with Gasteiger partial charge < -0.3 is 5.32 Å². The van der Waals surface area contributed by atoms with Crippen molar-refractivity contribution in [1.82, 2.24) is 9.88 Å². The Kier molecular flexibility index (Phi) is 7.21. The highest BCUT2D eigenvalue weighted by atomic mass is 32.2. The van der Waals surface area contributed by atoms with Gasteiger partial charge in [0.1, 0.15) is 0 Å². The predicted octanol–water partition coefficient (Wildman–Crippen LogP) is 1.90. The average Bonchev–Trinajstić information content (AvgIpc) is 2.87. The van der Waals surface area contributed by atoms with Crippen LogP contribution in [0.2, 0.25) is 0 Å². The average molecular weight is 345 g/mol. The van der Waals surface area contributed by atoms with E-state index >= 15 is 0 Å². The van der Waals surface area contributed by atoms with Gasteiger partial charge in [0.05, 0.1) is 6.20 Å². The minimum atomic E-state index is -3.69. The van der Waals surface area contributed by atoms with E-state index in [0.717, 1.165) is 24.4 Å². The summed E-state index contributed by atoms with van der Waals surface area (Å²) < 4.78 is 22.6. The van der Waals surface area contributed by atoms with Gasteiger partial charge in [-0.15, -0.1) is 13.2 Å². The number of hydrogen-bond acceptors (Lipinski definition) is 6. The molecule has 1 rings (SSSR count). The quantitative estimate of drug-likeness (QED) is 0.633. The fourth-order valence-corrected chi connectivity index (χ4v) is 3.59. The lowest BCUT2D eigenvalue weighted by atomic mass is 10.0. The molecular weight excluding hydrogens is 320 g/mol. The van der Waals surface area contributed by atoms with Crippen LogP contribution in [0.5, 0.6) is 0 Å². The summed E-state index contributed by atoms with van der Waals surface area (Å²) in [6.45, 7) is 14.0. The van der Waals surface area contributed by atoms with Gasteiger partial charge in [-0.2, -0.15) is 0 Å². The lowest BCUT2D eigenvalue weighted by Crippen LogP contribution is -2.43. The molecule has 0 aromatic carbocycles. The van der Waals surface area contributed by atoms with Crippen LogP contribution in [0.4, 0.5) is 5.13 Å². The Morgan fingerprint density at radius 2 is 2.00 bits per heavy atom. The van der Waals surface area contributed by atoms with E-state index in [1.807, 2.05) is 12.2 Å². The van der Waals surface area contributed by atoms with Crippen LogP contribution >= 0.6 is 11.3 Å². The van der Waals surface area contributed by atoms with Gasteiger partial charge >= 0.3 is 0 Å². The van der Waals surface area contributed by atoms with Crippen LogP contribution in [0, 0.1) is 5.92 Å². The van der Waals surface area contributed by atoms with Crippen LogP contribution in [-0.2, 0) is 10.0 Å². The summed E-state index contributed by atoms with van der Waals surface area (Å²) in [4.78, 5) is 6.31. The van der Waals surface area contributed by atoms with E-state index in [-0.39, 0.29) is 10.3 Å². The molecule has 22 heavy (non-hydrogen) atoms. The molecule has 0 fully saturated rings. The van der Waals surface area contributed by atoms with Crippen molar-refractivity contribution in [2.75, 3.05) is 25.0 Å². The third-order valence-electron chi connectivity index (χ3n) is 3.19. The van der Waals surface area contributed by atoms with Gasteiger partial charge in [-0.05, 0) is 5.92 Å². The van der Waals surface area contributed by atoms with Crippen LogP contribution in [-0.4, -0.2) is 44.0 Å². The summed E-state index contributed by atoms with van der Waals surface area (Å²) in [7, 11) is -3.69. The van der Waals surface area contributed by atoms with Gasteiger partial charge in [-0.3, -0.25) is 4.90 Å². The molecule has 1 heterocycles. The molecule has 0 saturated heterocycles. The topological polar surface area (TPSA) is 88.3 Å². The zero-order valence-corrected chi connectivity index (χ0v) is 14.7. The van der Waals surface area contributed by atoms with E-state index in [4.69, 9.17) is 5.14 Å². The van der Waals surface area contributed by atoms with E-state index < -0.39 is 10.0 Å². The number of nitrogens with two attached hydrogens (primary N) is 1. The van der Waals surface area contributed by atoms with E-state index in [1.54, 1.807) is 0 Å². The first kappa shape index (κ1) is 18.8. The standard InChI is InChI=1S/C14H24N4O2S2/c1-5-7-18(8-6-2)12(11(3)4)9-16-14-17-10-13(21-14)22(15,19)20/h5-6,10-12H,1-2,7-9H2,3-4H3,(H,16,17)(H2,15,19,20). The second-order valence-corrected chi connectivity index (χ2v) is 8.07. The Labute approximate surface area is 136 Å². The zero-order valence-electron chi connectivity index (χ0n) is 13.0. The van der Waals surface area contributed by atoms with Crippen LogP contribution < -0.4 is 10.5 Å². The fraction of sp³-hybridized carbons (Fsp3) is 0.500. The second kappa shape index (κ2) is 8.42. The molecular formula is C14H24N4O2S2. The number of aromatic nitrogens is 1. The summed E-state index contributed by atoms with van der Waals surface area (Å²) in [5.74, 6) is 0.407. The Bertz CT molecular complexity index is 586. The van der Waals surface area contributed by atoms with Gasteiger partial charge in [0.25, 0.3) is 0 Å². The van der Waals surface area contributed by atoms with Crippen LogP contribution in [0.1, 0.15) is 13.8 Å². The number of nitrogens with one attached hydrogen (secondary N) is 1. The van der Waals surface area contributed by atoms with Crippen molar-refractivity contribution in [3.8, 4) is 0 Å². The van der Waals surface area contributed by atoms with E-state index in [9.17, 15) is 8.42 Å². The number of anilines is 1. The van der Waals surface area contributed by atoms with Crippen molar-refractivity contribution in [3.63, 3.8) is 0 Å². The van der Waals surface area contributed by atoms with E-state index in [0.29, 0.717) is 17.6 Å². The molecule has 1 unspecified atom stereocenters. The van der Waals surface area contributed by atoms with Gasteiger partial charge in [-0.25, -0.2) is 18.5 Å². The molecule has 3 N–H and O–H groups in total. The highest BCUT2D eigenvalue weighted by Gasteiger charge is 2.21. The molecule has 0 aliphatic carbocycles. The van der Waals surface area contributed by atoms with Gasteiger partial charge in [0, 0.05) is 25.7 Å². The molecule has 6 nitrogen and oxygen atoms in total. The number of thiazole rings is 1. The maximum Gasteiger partial charge on any atom is 0.249 e. The van der Waals surface area contributed by atoms with Gasteiger partial charge in [-0.1, -0.05) is 37.3 Å². The fourth-order valence-electron chi connectivity index (χ4n) is 2.13. The Morgan fingerprint density at radius 1 is 1.41 bits per heavy atom. The Hall–Kier alpha value is -1.22. The highest BCUT2D eigenvalue weighted by molar-refractivity contribution is 7.91. The Balaban J connectivity index is 2.77. The summed E-state index contributed by atoms with van der Waals surface area (Å²) in [5, 5.41) is 8.83. The van der Waals surface area contributed by atoms with Gasteiger partial charge in [0.2, 0.25) is 10.0 Å². The van der Waals surface area contributed by atoms with Crippen LogP contribution in [0.3, 0.4) is 0 Å². The lowest BCUT2D eigenvalue weighted by Gasteiger charge is -2.33. The largest absolute Gasteiger partial charge is 0.360 e. The minimum absolute atomic E-state index is 0.0603. The summed E-state index contributed by atoms with van der Waals surface area (Å²) in [6.07, 6.45) is 5.00. The summed E-state index contributed by atoms with van der Waals surface area (Å²) in [5.41, 5.74) is 0. The minimum Gasteiger partial charge on any atom is -0.360 e. The molecule has 1 atom stereocenters. The lowest BCUT2D eigenvalue weighted by molar-refractivity contribution is 0.199. The van der Waals surface area contributed by atoms with Crippen molar-refractivity contribution < 1.29 is 8.42 Å². The molecule has 0 saturated carbocycles. The number of hydrogen-bond donors (Lipinski definition) is 2. The second-order valence-electron chi connectivity index (χ2n) is 5.25. The number of nitrogens with zero attached hydrogens (tertiary/aromatic N) is 2. The number of primary sulfonamides is 1. The van der Waals surface area contributed by atoms with Crippen molar-refractivity contribution in [3.05, 3.63) is 31.5 Å². The highest BCUT2D eigenvalue weighted by Crippen LogP contribution is 2.22. The number of rotatable bonds is 10. The molecule has 1 aromatic heterocycles. The summed E-state index contributed by atoms with van der Waals surface area (Å²) in [6, 6.07) is 0.248. The molecule has 0 aliphatic heterocycles. The third kappa shape index (κ3) is 5.53. The van der Waals surface area contributed by atoms with E-state index in [2.05, 4.69) is 42.2 Å². The maximum atomic E-state index is 11.3. The third-order valence-corrected chi connectivity index (χ3v) is 5.56. The van der Waals surface area contributed by atoms with Crippen molar-refractivity contribution in [2.45, 2.75) is 24.1 Å². The van der Waals surface area contributed by atoms with Crippen LogP contribution in [0.25, 0.3) is 0 Å². The molecule has 0 amide bonds. The number of sulfonamides is 1. The molecule has 0 bridgehead atoms. The van der Waals surface area contributed by atoms with Crippen molar-refractivity contribution >= 4 is 26.5 Å². The zero-order chi connectivity index (χ0) is 16.8. The first-order chi connectivity index (χ1) is 10.3. The Morgan fingerprint density at radius 3 is 2.41 bits per heavy atom. The predicted molar refractivity (Wildman–Crippen MR) is 92.6 cm³/mol. The molecule has 8 heteroatoms. The normalized spacial score (nSPS) is 13.3.